The second kappa shape index (κ2) is 6.00. The monoisotopic (exact) mass is 252 g/mol. The van der Waals surface area contributed by atoms with E-state index in [4.69, 9.17) is 10.5 Å². The lowest BCUT2D eigenvalue weighted by Crippen LogP contribution is -2.33. The number of methoxy groups -OCH3 is 1. The second-order valence-corrected chi connectivity index (χ2v) is 5.75. The first-order valence-corrected chi connectivity index (χ1v) is 6.19. The van der Waals surface area contributed by atoms with Crippen molar-refractivity contribution in [2.75, 3.05) is 19.0 Å². The minimum Gasteiger partial charge on any atom is -0.481 e. The molecule has 18 heavy (non-hydrogen) atoms. The SMILES string of the molecule is COc1cc(NCC(N)CC(C)(C)C)nc(C)n1. The van der Waals surface area contributed by atoms with Gasteiger partial charge in [-0.2, -0.15) is 4.98 Å². The lowest BCUT2D eigenvalue weighted by Gasteiger charge is -2.23. The third kappa shape index (κ3) is 5.31. The molecule has 0 aliphatic carbocycles. The standard InChI is InChI=1S/C13H24N4O/c1-9-16-11(6-12(17-9)18-5)15-8-10(14)7-13(2,3)4/h6,10H,7-8,14H2,1-5H3,(H,15,16,17). The van der Waals surface area contributed by atoms with E-state index in [9.17, 15) is 0 Å². The lowest BCUT2D eigenvalue weighted by molar-refractivity contribution is 0.344. The van der Waals surface area contributed by atoms with Crippen molar-refractivity contribution in [2.45, 2.75) is 40.2 Å². The van der Waals surface area contributed by atoms with Gasteiger partial charge in [-0.3, -0.25) is 0 Å². The van der Waals surface area contributed by atoms with Gasteiger partial charge in [-0.15, -0.1) is 0 Å². The first kappa shape index (κ1) is 14.7. The smallest absolute Gasteiger partial charge is 0.218 e. The molecule has 1 rings (SSSR count). The summed E-state index contributed by atoms with van der Waals surface area (Å²) < 4.78 is 5.10. The van der Waals surface area contributed by atoms with Crippen molar-refractivity contribution < 1.29 is 4.74 Å². The van der Waals surface area contributed by atoms with Crippen LogP contribution < -0.4 is 15.8 Å². The molecule has 1 aromatic rings. The first-order valence-electron chi connectivity index (χ1n) is 6.19. The average Bonchev–Trinajstić information content (AvgIpc) is 2.23. The Hall–Kier alpha value is -1.36. The number of hydrogen-bond acceptors (Lipinski definition) is 5. The maximum atomic E-state index is 6.08. The number of nitrogens with one attached hydrogen (secondary N) is 1. The van der Waals surface area contributed by atoms with E-state index in [0.717, 1.165) is 12.2 Å². The van der Waals surface area contributed by atoms with E-state index in [0.29, 0.717) is 18.2 Å². The summed E-state index contributed by atoms with van der Waals surface area (Å²) in [7, 11) is 1.59. The molecule has 3 N–H and O–H groups in total. The number of anilines is 1. The molecule has 0 fully saturated rings. The molecular weight excluding hydrogens is 228 g/mol. The molecule has 1 atom stereocenters. The largest absolute Gasteiger partial charge is 0.481 e. The topological polar surface area (TPSA) is 73.1 Å². The van der Waals surface area contributed by atoms with Gasteiger partial charge in [-0.05, 0) is 18.8 Å². The van der Waals surface area contributed by atoms with Crippen molar-refractivity contribution in [1.29, 1.82) is 0 Å². The summed E-state index contributed by atoms with van der Waals surface area (Å²) in [5.74, 6) is 2.00. The van der Waals surface area contributed by atoms with Gasteiger partial charge in [0.15, 0.2) is 0 Å². The fourth-order valence-corrected chi connectivity index (χ4v) is 1.83. The van der Waals surface area contributed by atoms with Crippen molar-refractivity contribution >= 4 is 5.82 Å². The Bertz CT molecular complexity index is 387. The molecule has 102 valence electrons. The fraction of sp³-hybridized carbons (Fsp3) is 0.692. The summed E-state index contributed by atoms with van der Waals surface area (Å²) in [5.41, 5.74) is 6.32. The highest BCUT2D eigenvalue weighted by atomic mass is 16.5. The van der Waals surface area contributed by atoms with Gasteiger partial charge in [-0.25, -0.2) is 4.98 Å². The van der Waals surface area contributed by atoms with Crippen molar-refractivity contribution in [3.05, 3.63) is 11.9 Å². The fourth-order valence-electron chi connectivity index (χ4n) is 1.83. The number of aryl methyl sites for hydroxylation is 1. The molecule has 1 heterocycles. The second-order valence-electron chi connectivity index (χ2n) is 5.75. The highest BCUT2D eigenvalue weighted by molar-refractivity contribution is 5.38. The first-order chi connectivity index (χ1) is 8.30. The van der Waals surface area contributed by atoms with Gasteiger partial charge >= 0.3 is 0 Å². The van der Waals surface area contributed by atoms with Crippen LogP contribution in [0.3, 0.4) is 0 Å². The summed E-state index contributed by atoms with van der Waals surface area (Å²) in [6.45, 7) is 9.08. The van der Waals surface area contributed by atoms with E-state index in [1.165, 1.54) is 0 Å². The average molecular weight is 252 g/mol. The maximum Gasteiger partial charge on any atom is 0.218 e. The normalized spacial score (nSPS) is 13.2. The van der Waals surface area contributed by atoms with Crippen molar-refractivity contribution in [3.63, 3.8) is 0 Å². The molecule has 0 radical (unpaired) electrons. The number of ether oxygens (including phenoxy) is 1. The van der Waals surface area contributed by atoms with Gasteiger partial charge < -0.3 is 15.8 Å². The number of hydrogen-bond donors (Lipinski definition) is 2. The van der Waals surface area contributed by atoms with Gasteiger partial charge in [0.05, 0.1) is 7.11 Å². The summed E-state index contributed by atoms with van der Waals surface area (Å²) in [4.78, 5) is 8.43. The molecule has 0 spiro atoms. The third-order valence-corrected chi connectivity index (χ3v) is 2.44. The van der Waals surface area contributed by atoms with E-state index >= 15 is 0 Å². The van der Waals surface area contributed by atoms with Crippen LogP contribution in [0.25, 0.3) is 0 Å². The summed E-state index contributed by atoms with van der Waals surface area (Å²) in [6, 6.07) is 1.88. The minimum absolute atomic E-state index is 0.103. The van der Waals surface area contributed by atoms with Crippen LogP contribution in [0.1, 0.15) is 33.0 Å². The van der Waals surface area contributed by atoms with Gasteiger partial charge in [0.2, 0.25) is 5.88 Å². The third-order valence-electron chi connectivity index (χ3n) is 2.44. The number of rotatable bonds is 5. The quantitative estimate of drug-likeness (QED) is 0.838. The molecule has 1 aromatic heterocycles. The van der Waals surface area contributed by atoms with Crippen LogP contribution in [-0.4, -0.2) is 29.7 Å². The molecule has 0 aromatic carbocycles. The number of nitrogens with two attached hydrogens (primary N) is 1. The van der Waals surface area contributed by atoms with Crippen molar-refractivity contribution in [1.82, 2.24) is 9.97 Å². The maximum absolute atomic E-state index is 6.08. The molecule has 0 bridgehead atoms. The predicted molar refractivity (Wildman–Crippen MR) is 73.9 cm³/mol. The molecule has 1 unspecified atom stereocenters. The lowest BCUT2D eigenvalue weighted by atomic mass is 9.88. The van der Waals surface area contributed by atoms with Crippen molar-refractivity contribution in [3.8, 4) is 5.88 Å². The molecular formula is C13H24N4O. The zero-order chi connectivity index (χ0) is 13.8. The van der Waals surface area contributed by atoms with E-state index in [-0.39, 0.29) is 11.5 Å². The molecule has 0 aliphatic rings. The van der Waals surface area contributed by atoms with Crippen LogP contribution in [0.4, 0.5) is 5.82 Å². The van der Waals surface area contributed by atoms with Crippen LogP contribution >= 0.6 is 0 Å². The predicted octanol–water partition coefficient (Wildman–Crippen LogP) is 1.97. The number of aromatic nitrogens is 2. The molecule has 5 heteroatoms. The van der Waals surface area contributed by atoms with Crippen molar-refractivity contribution in [2.24, 2.45) is 11.1 Å². The summed E-state index contributed by atoms with van der Waals surface area (Å²) in [5, 5.41) is 3.23. The Labute approximate surface area is 109 Å². The highest BCUT2D eigenvalue weighted by Gasteiger charge is 2.15. The molecule has 0 saturated heterocycles. The van der Waals surface area contributed by atoms with Crippen LogP contribution in [-0.2, 0) is 0 Å². The number of nitrogens with zero attached hydrogens (tertiary/aromatic N) is 2. The Morgan fingerprint density at radius 1 is 1.39 bits per heavy atom. The van der Waals surface area contributed by atoms with Crippen LogP contribution in [0.2, 0.25) is 0 Å². The minimum atomic E-state index is 0.103. The van der Waals surface area contributed by atoms with Crippen LogP contribution in [0.15, 0.2) is 6.07 Å². The van der Waals surface area contributed by atoms with E-state index < -0.39 is 0 Å². The van der Waals surface area contributed by atoms with Crippen LogP contribution in [0, 0.1) is 12.3 Å². The highest BCUT2D eigenvalue weighted by Crippen LogP contribution is 2.20. The Kier molecular flexibility index (Phi) is 4.90. The molecule has 0 amide bonds. The van der Waals surface area contributed by atoms with Gasteiger partial charge in [-0.1, -0.05) is 20.8 Å². The van der Waals surface area contributed by atoms with E-state index in [1.807, 2.05) is 6.92 Å². The molecule has 0 aliphatic heterocycles. The van der Waals surface area contributed by atoms with Crippen LogP contribution in [0.5, 0.6) is 5.88 Å². The molecule has 0 saturated carbocycles. The Morgan fingerprint density at radius 3 is 2.61 bits per heavy atom. The zero-order valence-corrected chi connectivity index (χ0v) is 11.9. The Balaban J connectivity index is 2.55. The van der Waals surface area contributed by atoms with Gasteiger partial charge in [0, 0.05) is 18.7 Å². The Morgan fingerprint density at radius 2 is 2.06 bits per heavy atom. The van der Waals surface area contributed by atoms with Gasteiger partial charge in [0.25, 0.3) is 0 Å². The summed E-state index contributed by atoms with van der Waals surface area (Å²) in [6.07, 6.45) is 0.960. The molecule has 5 nitrogen and oxygen atoms in total. The van der Waals surface area contributed by atoms with Gasteiger partial charge in [0.1, 0.15) is 11.6 Å². The summed E-state index contributed by atoms with van der Waals surface area (Å²) >= 11 is 0. The van der Waals surface area contributed by atoms with E-state index in [2.05, 4.69) is 36.1 Å². The van der Waals surface area contributed by atoms with E-state index in [1.54, 1.807) is 13.2 Å². The zero-order valence-electron chi connectivity index (χ0n) is 11.9.